The fourth-order valence-electron chi connectivity index (χ4n) is 3.30. The van der Waals surface area contributed by atoms with Crippen LogP contribution in [0.5, 0.6) is 5.75 Å². The Hall–Kier alpha value is -2.90. The van der Waals surface area contributed by atoms with Crippen LogP contribution in [0.2, 0.25) is 0 Å². The van der Waals surface area contributed by atoms with Crippen molar-refractivity contribution in [2.24, 2.45) is 0 Å². The maximum atomic E-state index is 12.7. The average molecular weight is 395 g/mol. The topological polar surface area (TPSA) is 64.4 Å². The molecule has 0 fully saturated rings. The number of rotatable bonds is 5. The molecule has 1 aliphatic heterocycles. The summed E-state index contributed by atoms with van der Waals surface area (Å²) in [6.45, 7) is 2.73. The third kappa shape index (κ3) is 3.58. The molecule has 1 aromatic heterocycles. The van der Waals surface area contributed by atoms with E-state index in [1.807, 2.05) is 60.2 Å². The van der Waals surface area contributed by atoms with Crippen LogP contribution >= 0.6 is 0 Å². The van der Waals surface area contributed by atoms with E-state index in [9.17, 15) is 8.42 Å². The summed E-state index contributed by atoms with van der Waals surface area (Å²) in [7, 11) is -1.92. The highest BCUT2D eigenvalue weighted by molar-refractivity contribution is 7.92. The number of aromatic nitrogens is 2. The summed E-state index contributed by atoms with van der Waals surface area (Å²) in [6.07, 6.45) is 5.23. The van der Waals surface area contributed by atoms with E-state index in [1.54, 1.807) is 19.5 Å². The van der Waals surface area contributed by atoms with Gasteiger partial charge in [-0.1, -0.05) is 30.3 Å². The number of nitrogens with zero attached hydrogens (tertiary/aromatic N) is 3. The number of fused-ring (bicyclic) bond motifs is 1. The summed E-state index contributed by atoms with van der Waals surface area (Å²) in [5.74, 6) is 0.644. The third-order valence-corrected chi connectivity index (χ3v) is 6.26. The molecule has 28 heavy (non-hydrogen) atoms. The van der Waals surface area contributed by atoms with Crippen molar-refractivity contribution in [3.8, 4) is 11.4 Å². The molecule has 4 rings (SSSR count). The van der Waals surface area contributed by atoms with Crippen molar-refractivity contribution in [1.29, 1.82) is 0 Å². The maximum Gasteiger partial charge on any atom is 0.236 e. The van der Waals surface area contributed by atoms with Gasteiger partial charge in [0.25, 0.3) is 0 Å². The first-order chi connectivity index (χ1) is 13.5. The Morgan fingerprint density at radius 3 is 2.43 bits per heavy atom. The lowest BCUT2D eigenvalue weighted by atomic mass is 10.1. The fraction of sp³-hybridized carbons (Fsp3) is 0.190. The molecular formula is C21H21N3O3S. The summed E-state index contributed by atoms with van der Waals surface area (Å²) >= 11 is 0. The Kier molecular flexibility index (Phi) is 4.78. The van der Waals surface area contributed by atoms with E-state index in [0.717, 1.165) is 28.1 Å². The highest BCUT2D eigenvalue weighted by Crippen LogP contribution is 2.27. The predicted octanol–water partition coefficient (Wildman–Crippen LogP) is 3.51. The number of methoxy groups -OCH3 is 1. The standard InChI is InChI=1S/C21H21N3O3S/c1-16-12-23(15-22-16)20-8-7-17(11-21(20)27-2)9-10-28(25,26)24-13-18-5-3-4-6-19(18)14-24/h3-12,15H,13-14H2,1-2H3/b10-9+. The highest BCUT2D eigenvalue weighted by Gasteiger charge is 2.26. The molecule has 0 amide bonds. The lowest BCUT2D eigenvalue weighted by molar-refractivity contribution is 0.413. The second kappa shape index (κ2) is 7.26. The van der Waals surface area contributed by atoms with E-state index in [0.29, 0.717) is 18.8 Å². The summed E-state index contributed by atoms with van der Waals surface area (Å²) < 4.78 is 34.3. The van der Waals surface area contributed by atoms with E-state index in [2.05, 4.69) is 4.98 Å². The second-order valence-corrected chi connectivity index (χ2v) is 8.56. The molecule has 2 heterocycles. The quantitative estimate of drug-likeness (QED) is 0.663. The predicted molar refractivity (Wildman–Crippen MR) is 108 cm³/mol. The smallest absolute Gasteiger partial charge is 0.236 e. The SMILES string of the molecule is COc1cc(/C=C/S(=O)(=O)N2Cc3ccccc3C2)ccc1-n1cnc(C)c1. The maximum absolute atomic E-state index is 12.7. The number of benzene rings is 2. The fourth-order valence-corrected chi connectivity index (χ4v) is 4.44. The van der Waals surface area contributed by atoms with Crippen molar-refractivity contribution in [3.05, 3.63) is 82.8 Å². The van der Waals surface area contributed by atoms with E-state index >= 15 is 0 Å². The third-order valence-electron chi connectivity index (χ3n) is 4.80. The minimum Gasteiger partial charge on any atom is -0.495 e. The van der Waals surface area contributed by atoms with Gasteiger partial charge in [0.05, 0.1) is 24.8 Å². The summed E-state index contributed by atoms with van der Waals surface area (Å²) in [4.78, 5) is 4.23. The zero-order valence-electron chi connectivity index (χ0n) is 15.7. The summed E-state index contributed by atoms with van der Waals surface area (Å²) in [5.41, 5.74) is 4.61. The van der Waals surface area contributed by atoms with E-state index in [-0.39, 0.29) is 0 Å². The number of imidazole rings is 1. The van der Waals surface area contributed by atoms with E-state index in [4.69, 9.17) is 4.74 Å². The minimum absolute atomic E-state index is 0.408. The van der Waals surface area contributed by atoms with E-state index < -0.39 is 10.0 Å². The first kappa shape index (κ1) is 18.5. The molecular weight excluding hydrogens is 374 g/mol. The molecule has 0 spiro atoms. The summed E-state index contributed by atoms with van der Waals surface area (Å²) in [5, 5.41) is 1.26. The van der Waals surface area contributed by atoms with Crippen LogP contribution in [0, 0.1) is 6.92 Å². The Balaban J connectivity index is 1.56. The Morgan fingerprint density at radius 1 is 1.11 bits per heavy atom. The highest BCUT2D eigenvalue weighted by atomic mass is 32.2. The largest absolute Gasteiger partial charge is 0.495 e. The molecule has 7 heteroatoms. The van der Waals surface area contributed by atoms with Crippen LogP contribution in [-0.4, -0.2) is 29.4 Å². The molecule has 0 saturated carbocycles. The van der Waals surface area contributed by atoms with Gasteiger partial charge in [0.2, 0.25) is 10.0 Å². The van der Waals surface area contributed by atoms with Gasteiger partial charge in [-0.15, -0.1) is 0 Å². The van der Waals surface area contributed by atoms with Gasteiger partial charge in [-0.3, -0.25) is 0 Å². The zero-order chi connectivity index (χ0) is 19.7. The lowest BCUT2D eigenvalue weighted by Gasteiger charge is -2.12. The van der Waals surface area contributed by atoms with Crippen molar-refractivity contribution in [2.45, 2.75) is 20.0 Å². The molecule has 6 nitrogen and oxygen atoms in total. The Bertz CT molecular complexity index is 1120. The molecule has 0 atom stereocenters. The molecule has 0 saturated heterocycles. The molecule has 0 bridgehead atoms. The van der Waals surface area contributed by atoms with Crippen LogP contribution in [0.15, 0.2) is 60.4 Å². The first-order valence-corrected chi connectivity index (χ1v) is 10.4. The van der Waals surface area contributed by atoms with Gasteiger partial charge in [0.15, 0.2) is 0 Å². The lowest BCUT2D eigenvalue weighted by Crippen LogP contribution is -2.23. The number of hydrogen-bond acceptors (Lipinski definition) is 4. The van der Waals surface area contributed by atoms with Gasteiger partial charge < -0.3 is 9.30 Å². The zero-order valence-corrected chi connectivity index (χ0v) is 16.6. The first-order valence-electron chi connectivity index (χ1n) is 8.90. The number of aryl methyl sites for hydroxylation is 1. The van der Waals surface area contributed by atoms with Crippen LogP contribution in [0.1, 0.15) is 22.4 Å². The molecule has 0 N–H and O–H groups in total. The molecule has 0 radical (unpaired) electrons. The van der Waals surface area contributed by atoms with Gasteiger partial charge in [-0.05, 0) is 41.8 Å². The van der Waals surface area contributed by atoms with Crippen molar-refractivity contribution < 1.29 is 13.2 Å². The van der Waals surface area contributed by atoms with Gasteiger partial charge >= 0.3 is 0 Å². The minimum atomic E-state index is -3.51. The number of ether oxygens (including phenoxy) is 1. The number of hydrogen-bond donors (Lipinski definition) is 0. The molecule has 0 aliphatic carbocycles. The van der Waals surface area contributed by atoms with Gasteiger partial charge in [0, 0.05) is 24.7 Å². The average Bonchev–Trinajstić information content (AvgIpc) is 3.33. The van der Waals surface area contributed by atoms with Crippen LogP contribution < -0.4 is 4.74 Å². The van der Waals surface area contributed by atoms with E-state index in [1.165, 1.54) is 9.71 Å². The molecule has 144 valence electrons. The monoisotopic (exact) mass is 395 g/mol. The van der Waals surface area contributed by atoms with Gasteiger partial charge in [0.1, 0.15) is 5.75 Å². The Morgan fingerprint density at radius 2 is 1.82 bits per heavy atom. The van der Waals surface area contributed by atoms with Crippen molar-refractivity contribution in [2.75, 3.05) is 7.11 Å². The van der Waals surface area contributed by atoms with Gasteiger partial charge in [-0.25, -0.2) is 13.4 Å². The summed E-state index contributed by atoms with van der Waals surface area (Å²) in [6, 6.07) is 13.4. The van der Waals surface area contributed by atoms with Crippen LogP contribution in [0.25, 0.3) is 11.8 Å². The van der Waals surface area contributed by atoms with Crippen molar-refractivity contribution >= 4 is 16.1 Å². The molecule has 3 aromatic rings. The Labute approximate surface area is 164 Å². The number of sulfonamides is 1. The van der Waals surface area contributed by atoms with Crippen molar-refractivity contribution in [3.63, 3.8) is 0 Å². The van der Waals surface area contributed by atoms with Crippen LogP contribution in [0.4, 0.5) is 0 Å². The van der Waals surface area contributed by atoms with Crippen LogP contribution in [-0.2, 0) is 23.1 Å². The molecule has 2 aromatic carbocycles. The van der Waals surface area contributed by atoms with Gasteiger partial charge in [-0.2, -0.15) is 4.31 Å². The normalized spacial score (nSPS) is 14.5. The molecule has 0 unspecified atom stereocenters. The van der Waals surface area contributed by atoms with Crippen LogP contribution in [0.3, 0.4) is 0 Å². The van der Waals surface area contributed by atoms with Crippen molar-refractivity contribution in [1.82, 2.24) is 13.9 Å². The molecule has 1 aliphatic rings. The second-order valence-electron chi connectivity index (χ2n) is 6.74.